The summed E-state index contributed by atoms with van der Waals surface area (Å²) >= 11 is 0. The molecule has 20 heavy (non-hydrogen) atoms. The van der Waals surface area contributed by atoms with Gasteiger partial charge < -0.3 is 15.7 Å². The Kier molecular flexibility index (Phi) is 4.32. The van der Waals surface area contributed by atoms with E-state index in [2.05, 4.69) is 15.7 Å². The zero-order valence-electron chi connectivity index (χ0n) is 10.6. The molecule has 0 saturated carbocycles. The summed E-state index contributed by atoms with van der Waals surface area (Å²) < 4.78 is 1.53. The summed E-state index contributed by atoms with van der Waals surface area (Å²) in [5.41, 5.74) is 1.65. The molecule has 0 aliphatic rings. The molecule has 102 valence electrons. The fourth-order valence-electron chi connectivity index (χ4n) is 1.57. The Labute approximate surface area is 115 Å². The number of aliphatic hydroxyl groups is 1. The fraction of sp³-hybridized carbons (Fsp3) is 0.154. The quantitative estimate of drug-likeness (QED) is 0.781. The summed E-state index contributed by atoms with van der Waals surface area (Å²) in [5, 5.41) is 26.7. The summed E-state index contributed by atoms with van der Waals surface area (Å²) in [6, 6.07) is 8.13. The van der Waals surface area contributed by atoms with Crippen LogP contribution in [-0.2, 0) is 6.54 Å². The molecule has 0 unspecified atom stereocenters. The molecule has 1 aromatic heterocycles. The number of nitrogens with zero attached hydrogens (tertiary/aromatic N) is 3. The number of carbonyl (C=O) groups excluding carboxylic acids is 1. The molecule has 0 bridgehead atoms. The van der Waals surface area contributed by atoms with Crippen LogP contribution in [0.4, 0.5) is 16.2 Å². The zero-order valence-corrected chi connectivity index (χ0v) is 10.6. The van der Waals surface area contributed by atoms with Crippen LogP contribution in [0, 0.1) is 11.3 Å². The first-order valence-corrected chi connectivity index (χ1v) is 5.93. The highest BCUT2D eigenvalue weighted by molar-refractivity contribution is 5.99. The minimum atomic E-state index is -0.404. The Hall–Kier alpha value is -2.85. The summed E-state index contributed by atoms with van der Waals surface area (Å²) in [6.07, 6.45) is 3.11. The molecular weight excluding hydrogens is 258 g/mol. The van der Waals surface area contributed by atoms with E-state index >= 15 is 0 Å². The molecule has 3 N–H and O–H groups in total. The number of aliphatic hydroxyl groups excluding tert-OH is 1. The molecule has 0 spiro atoms. The van der Waals surface area contributed by atoms with E-state index in [9.17, 15) is 4.79 Å². The standard InChI is InChI=1S/C13H13N5O2/c14-7-10-1-3-11(4-2-10)16-13(20)17-12-8-15-18(9-12)5-6-19/h1-4,8-9,19H,5-6H2,(H2,16,17,20). The van der Waals surface area contributed by atoms with Crippen molar-refractivity contribution in [1.82, 2.24) is 9.78 Å². The summed E-state index contributed by atoms with van der Waals surface area (Å²) in [5.74, 6) is 0. The van der Waals surface area contributed by atoms with Crippen molar-refractivity contribution in [3.63, 3.8) is 0 Å². The van der Waals surface area contributed by atoms with Crippen molar-refractivity contribution in [3.05, 3.63) is 42.2 Å². The van der Waals surface area contributed by atoms with Gasteiger partial charge in [0.2, 0.25) is 0 Å². The molecule has 7 nitrogen and oxygen atoms in total. The first-order chi connectivity index (χ1) is 9.71. The van der Waals surface area contributed by atoms with Crippen LogP contribution in [0.5, 0.6) is 0 Å². The fourth-order valence-corrected chi connectivity index (χ4v) is 1.57. The number of carbonyl (C=O) groups is 1. The maximum atomic E-state index is 11.7. The van der Waals surface area contributed by atoms with Crippen LogP contribution in [-0.4, -0.2) is 27.5 Å². The van der Waals surface area contributed by atoms with Crippen LogP contribution in [0.2, 0.25) is 0 Å². The molecule has 2 amide bonds. The number of benzene rings is 1. The van der Waals surface area contributed by atoms with Crippen LogP contribution >= 0.6 is 0 Å². The van der Waals surface area contributed by atoms with E-state index in [4.69, 9.17) is 10.4 Å². The van der Waals surface area contributed by atoms with Crippen molar-refractivity contribution < 1.29 is 9.90 Å². The largest absolute Gasteiger partial charge is 0.394 e. The van der Waals surface area contributed by atoms with Crippen molar-refractivity contribution in [3.8, 4) is 6.07 Å². The van der Waals surface area contributed by atoms with Crippen molar-refractivity contribution >= 4 is 17.4 Å². The van der Waals surface area contributed by atoms with Crippen LogP contribution in [0.3, 0.4) is 0 Å². The number of hydrogen-bond donors (Lipinski definition) is 3. The maximum Gasteiger partial charge on any atom is 0.323 e. The molecule has 1 heterocycles. The van der Waals surface area contributed by atoms with E-state index in [0.29, 0.717) is 23.5 Å². The highest BCUT2D eigenvalue weighted by atomic mass is 16.3. The van der Waals surface area contributed by atoms with Gasteiger partial charge in [-0.15, -0.1) is 0 Å². The Morgan fingerprint density at radius 2 is 2.00 bits per heavy atom. The lowest BCUT2D eigenvalue weighted by Gasteiger charge is -2.05. The van der Waals surface area contributed by atoms with E-state index in [1.165, 1.54) is 10.9 Å². The lowest BCUT2D eigenvalue weighted by Crippen LogP contribution is -2.19. The molecular formula is C13H13N5O2. The molecule has 0 saturated heterocycles. The van der Waals surface area contributed by atoms with Crippen LogP contribution < -0.4 is 10.6 Å². The van der Waals surface area contributed by atoms with Crippen molar-refractivity contribution in [2.45, 2.75) is 6.54 Å². The predicted octanol–water partition coefficient (Wildman–Crippen LogP) is 1.39. The van der Waals surface area contributed by atoms with Gasteiger partial charge in [-0.25, -0.2) is 4.79 Å². The smallest absolute Gasteiger partial charge is 0.323 e. The van der Waals surface area contributed by atoms with Crippen LogP contribution in [0.1, 0.15) is 5.56 Å². The first kappa shape index (κ1) is 13.6. The number of anilines is 2. The first-order valence-electron chi connectivity index (χ1n) is 5.93. The lowest BCUT2D eigenvalue weighted by molar-refractivity contribution is 0.262. The molecule has 2 aromatic rings. The Morgan fingerprint density at radius 3 is 2.65 bits per heavy atom. The second-order valence-electron chi connectivity index (χ2n) is 3.98. The molecule has 0 aliphatic heterocycles. The van der Waals surface area contributed by atoms with Gasteiger partial charge in [0.1, 0.15) is 0 Å². The second-order valence-corrected chi connectivity index (χ2v) is 3.98. The van der Waals surface area contributed by atoms with Crippen molar-refractivity contribution in [2.75, 3.05) is 17.2 Å². The summed E-state index contributed by atoms with van der Waals surface area (Å²) in [7, 11) is 0. The topological polar surface area (TPSA) is 103 Å². The van der Waals surface area contributed by atoms with Gasteiger partial charge in [0, 0.05) is 11.9 Å². The molecule has 0 aliphatic carbocycles. The average Bonchev–Trinajstić information content (AvgIpc) is 2.87. The van der Waals surface area contributed by atoms with E-state index in [0.717, 1.165) is 0 Å². The number of urea groups is 1. The molecule has 0 atom stereocenters. The molecule has 1 aromatic carbocycles. The summed E-state index contributed by atoms with van der Waals surface area (Å²) in [4.78, 5) is 11.7. The van der Waals surface area contributed by atoms with Crippen LogP contribution in [0.15, 0.2) is 36.7 Å². The van der Waals surface area contributed by atoms with Gasteiger partial charge in [0.05, 0.1) is 36.7 Å². The van der Waals surface area contributed by atoms with Crippen LogP contribution in [0.25, 0.3) is 0 Å². The normalized spacial score (nSPS) is 9.80. The Bertz CT molecular complexity index is 627. The van der Waals surface area contributed by atoms with Gasteiger partial charge >= 0.3 is 6.03 Å². The number of nitriles is 1. The van der Waals surface area contributed by atoms with E-state index in [1.54, 1.807) is 30.5 Å². The minimum absolute atomic E-state index is 0.0153. The number of rotatable bonds is 4. The third kappa shape index (κ3) is 3.57. The minimum Gasteiger partial charge on any atom is -0.394 e. The van der Waals surface area contributed by atoms with Gasteiger partial charge in [-0.1, -0.05) is 0 Å². The highest BCUT2D eigenvalue weighted by Crippen LogP contribution is 2.10. The van der Waals surface area contributed by atoms with E-state index in [-0.39, 0.29) is 6.61 Å². The van der Waals surface area contributed by atoms with E-state index < -0.39 is 6.03 Å². The number of amides is 2. The van der Waals surface area contributed by atoms with Crippen molar-refractivity contribution in [1.29, 1.82) is 5.26 Å². The number of nitrogens with one attached hydrogen (secondary N) is 2. The molecule has 7 heteroatoms. The van der Waals surface area contributed by atoms with Gasteiger partial charge in [-0.2, -0.15) is 10.4 Å². The molecule has 0 fully saturated rings. The zero-order chi connectivity index (χ0) is 14.4. The SMILES string of the molecule is N#Cc1ccc(NC(=O)Nc2cnn(CCO)c2)cc1. The average molecular weight is 271 g/mol. The number of hydrogen-bond acceptors (Lipinski definition) is 4. The van der Waals surface area contributed by atoms with Gasteiger partial charge in [0.15, 0.2) is 0 Å². The van der Waals surface area contributed by atoms with Gasteiger partial charge in [0.25, 0.3) is 0 Å². The highest BCUT2D eigenvalue weighted by Gasteiger charge is 2.04. The Balaban J connectivity index is 1.92. The maximum absolute atomic E-state index is 11.7. The molecule has 2 rings (SSSR count). The second kappa shape index (κ2) is 6.36. The lowest BCUT2D eigenvalue weighted by atomic mass is 10.2. The third-order valence-electron chi connectivity index (χ3n) is 2.49. The Morgan fingerprint density at radius 1 is 1.30 bits per heavy atom. The predicted molar refractivity (Wildman–Crippen MR) is 73.1 cm³/mol. The third-order valence-corrected chi connectivity index (χ3v) is 2.49. The van der Waals surface area contributed by atoms with Gasteiger partial charge in [-0.05, 0) is 24.3 Å². The molecule has 0 radical (unpaired) electrons. The monoisotopic (exact) mass is 271 g/mol. The van der Waals surface area contributed by atoms with E-state index in [1.807, 2.05) is 6.07 Å². The van der Waals surface area contributed by atoms with Gasteiger partial charge in [-0.3, -0.25) is 4.68 Å². The number of aromatic nitrogens is 2. The summed E-state index contributed by atoms with van der Waals surface area (Å²) in [6.45, 7) is 0.359. The van der Waals surface area contributed by atoms with Crippen molar-refractivity contribution in [2.24, 2.45) is 0 Å².